The molecular formula is C17H14OS. The van der Waals surface area contributed by atoms with Gasteiger partial charge in [-0.3, -0.25) is 4.79 Å². The highest BCUT2D eigenvalue weighted by Crippen LogP contribution is 2.34. The lowest BCUT2D eigenvalue weighted by molar-refractivity contribution is 0.104. The third kappa shape index (κ3) is 2.49. The number of allylic oxidation sites excluding steroid dienone is 1. The molecule has 19 heavy (non-hydrogen) atoms. The first-order valence-corrected chi connectivity index (χ1v) is 7.26. The van der Waals surface area contributed by atoms with Crippen LogP contribution in [0.2, 0.25) is 0 Å². The van der Waals surface area contributed by atoms with E-state index in [1.807, 2.05) is 30.3 Å². The number of carbonyl (C=O) groups is 1. The Bertz CT molecular complexity index is 653. The second-order valence-electron chi connectivity index (χ2n) is 4.69. The lowest BCUT2D eigenvalue weighted by atomic mass is 10.0. The first-order valence-electron chi connectivity index (χ1n) is 6.28. The van der Waals surface area contributed by atoms with Crippen LogP contribution < -0.4 is 0 Å². The molecule has 2 aromatic carbocycles. The molecule has 0 aromatic heterocycles. The van der Waals surface area contributed by atoms with Gasteiger partial charge in [-0.2, -0.15) is 0 Å². The van der Waals surface area contributed by atoms with Crippen molar-refractivity contribution in [1.82, 2.24) is 0 Å². The molecule has 0 atom stereocenters. The molecular weight excluding hydrogens is 252 g/mol. The zero-order valence-corrected chi connectivity index (χ0v) is 11.5. The maximum atomic E-state index is 12.4. The van der Waals surface area contributed by atoms with E-state index in [4.69, 9.17) is 0 Å². The Kier molecular flexibility index (Phi) is 3.26. The zero-order valence-electron chi connectivity index (χ0n) is 10.7. The van der Waals surface area contributed by atoms with Gasteiger partial charge in [0.15, 0.2) is 5.78 Å². The van der Waals surface area contributed by atoms with Crippen molar-refractivity contribution >= 4 is 23.6 Å². The van der Waals surface area contributed by atoms with Crippen LogP contribution in [0.25, 0.3) is 6.08 Å². The highest BCUT2D eigenvalue weighted by molar-refractivity contribution is 8.03. The van der Waals surface area contributed by atoms with Crippen molar-refractivity contribution in [2.75, 3.05) is 0 Å². The van der Waals surface area contributed by atoms with Crippen LogP contribution in [-0.2, 0) is 5.75 Å². The average molecular weight is 266 g/mol. The molecule has 0 radical (unpaired) electrons. The van der Waals surface area contributed by atoms with E-state index < -0.39 is 0 Å². The lowest BCUT2D eigenvalue weighted by Crippen LogP contribution is -2.09. The standard InChI is InChI=1S/C17H14OS/c1-12-6-8-13(9-7-12)10-16-17(18)15-5-3-2-4-14(15)11-19-16/h2-10H,11H2,1H3/b16-10-. The Morgan fingerprint density at radius 3 is 2.58 bits per heavy atom. The van der Waals surface area contributed by atoms with E-state index in [1.165, 1.54) is 5.56 Å². The van der Waals surface area contributed by atoms with E-state index in [-0.39, 0.29) is 5.78 Å². The molecule has 0 spiro atoms. The molecule has 0 aliphatic carbocycles. The summed E-state index contributed by atoms with van der Waals surface area (Å²) in [5, 5.41) is 0. The summed E-state index contributed by atoms with van der Waals surface area (Å²) in [6.45, 7) is 2.06. The Balaban J connectivity index is 1.96. The number of ketones is 1. The molecule has 0 saturated carbocycles. The first kappa shape index (κ1) is 12.2. The van der Waals surface area contributed by atoms with Gasteiger partial charge in [-0.05, 0) is 24.1 Å². The molecule has 0 amide bonds. The number of hydrogen-bond acceptors (Lipinski definition) is 2. The summed E-state index contributed by atoms with van der Waals surface area (Å²) in [5.41, 5.74) is 4.30. The van der Waals surface area contributed by atoms with Gasteiger partial charge in [0.1, 0.15) is 0 Å². The van der Waals surface area contributed by atoms with Gasteiger partial charge in [-0.15, -0.1) is 11.8 Å². The highest BCUT2D eigenvalue weighted by Gasteiger charge is 2.21. The van der Waals surface area contributed by atoms with Crippen molar-refractivity contribution in [3.8, 4) is 0 Å². The van der Waals surface area contributed by atoms with Crippen LogP contribution in [0.15, 0.2) is 53.4 Å². The Morgan fingerprint density at radius 1 is 1.05 bits per heavy atom. The quantitative estimate of drug-likeness (QED) is 0.709. The normalized spacial score (nSPS) is 16.5. The molecule has 2 aromatic rings. The molecule has 1 nitrogen and oxygen atoms in total. The van der Waals surface area contributed by atoms with Crippen LogP contribution in [0.3, 0.4) is 0 Å². The van der Waals surface area contributed by atoms with Crippen LogP contribution in [0, 0.1) is 6.92 Å². The predicted molar refractivity (Wildman–Crippen MR) is 81.2 cm³/mol. The number of benzene rings is 2. The van der Waals surface area contributed by atoms with Crippen molar-refractivity contribution in [2.45, 2.75) is 12.7 Å². The minimum atomic E-state index is 0.146. The molecule has 1 heterocycles. The number of hydrogen-bond donors (Lipinski definition) is 0. The fraction of sp³-hybridized carbons (Fsp3) is 0.118. The molecule has 0 unspecified atom stereocenters. The highest BCUT2D eigenvalue weighted by atomic mass is 32.2. The SMILES string of the molecule is Cc1ccc(/C=C2\SCc3ccccc3C2=O)cc1. The predicted octanol–water partition coefficient (Wildman–Crippen LogP) is 4.47. The summed E-state index contributed by atoms with van der Waals surface area (Å²) in [7, 11) is 0. The van der Waals surface area contributed by atoms with Crippen molar-refractivity contribution in [1.29, 1.82) is 0 Å². The number of aryl methyl sites for hydroxylation is 1. The molecule has 3 rings (SSSR count). The van der Waals surface area contributed by atoms with Crippen molar-refractivity contribution < 1.29 is 4.79 Å². The number of thioether (sulfide) groups is 1. The van der Waals surface area contributed by atoms with Crippen LogP contribution in [0.5, 0.6) is 0 Å². The molecule has 0 fully saturated rings. The summed E-state index contributed by atoms with van der Waals surface area (Å²) >= 11 is 1.62. The fourth-order valence-electron chi connectivity index (χ4n) is 2.14. The minimum absolute atomic E-state index is 0.146. The van der Waals surface area contributed by atoms with E-state index in [0.717, 1.165) is 27.3 Å². The van der Waals surface area contributed by atoms with E-state index >= 15 is 0 Å². The molecule has 0 saturated heterocycles. The summed E-state index contributed by atoms with van der Waals surface area (Å²) in [6, 6.07) is 16.1. The maximum absolute atomic E-state index is 12.4. The van der Waals surface area contributed by atoms with Gasteiger partial charge in [0, 0.05) is 11.3 Å². The van der Waals surface area contributed by atoms with Gasteiger partial charge < -0.3 is 0 Å². The van der Waals surface area contributed by atoms with Gasteiger partial charge in [-0.25, -0.2) is 0 Å². The Labute approximate surface area is 117 Å². The van der Waals surface area contributed by atoms with E-state index in [9.17, 15) is 4.79 Å². The number of rotatable bonds is 1. The molecule has 0 N–H and O–H groups in total. The first-order chi connectivity index (χ1) is 9.24. The average Bonchev–Trinajstić information content (AvgIpc) is 2.45. The number of Topliss-reactive ketones (excluding diaryl/α,β-unsaturated/α-hetero) is 1. The largest absolute Gasteiger partial charge is 0.288 e. The number of carbonyl (C=O) groups excluding carboxylic acids is 1. The summed E-state index contributed by atoms with van der Waals surface area (Å²) < 4.78 is 0. The molecule has 94 valence electrons. The molecule has 0 bridgehead atoms. The molecule has 2 heteroatoms. The second-order valence-corrected chi connectivity index (χ2v) is 5.71. The van der Waals surface area contributed by atoms with Crippen LogP contribution in [-0.4, -0.2) is 5.78 Å². The van der Waals surface area contributed by atoms with E-state index in [1.54, 1.807) is 11.8 Å². The smallest absolute Gasteiger partial charge is 0.199 e. The summed E-state index contributed by atoms with van der Waals surface area (Å²) in [4.78, 5) is 13.2. The van der Waals surface area contributed by atoms with Crippen molar-refractivity contribution in [2.24, 2.45) is 0 Å². The topological polar surface area (TPSA) is 17.1 Å². The van der Waals surface area contributed by atoms with Crippen molar-refractivity contribution in [3.63, 3.8) is 0 Å². The fourth-order valence-corrected chi connectivity index (χ4v) is 3.17. The monoisotopic (exact) mass is 266 g/mol. The lowest BCUT2D eigenvalue weighted by Gasteiger charge is -2.16. The zero-order chi connectivity index (χ0) is 13.2. The maximum Gasteiger partial charge on any atom is 0.199 e. The van der Waals surface area contributed by atoms with Gasteiger partial charge in [0.2, 0.25) is 0 Å². The number of fused-ring (bicyclic) bond motifs is 1. The van der Waals surface area contributed by atoms with E-state index in [0.29, 0.717) is 0 Å². The van der Waals surface area contributed by atoms with Crippen LogP contribution in [0.1, 0.15) is 27.0 Å². The third-order valence-corrected chi connectivity index (χ3v) is 4.31. The minimum Gasteiger partial charge on any atom is -0.288 e. The second kappa shape index (κ2) is 5.06. The summed E-state index contributed by atoms with van der Waals surface area (Å²) in [6.07, 6.45) is 1.99. The molecule has 1 aliphatic heterocycles. The van der Waals surface area contributed by atoms with E-state index in [2.05, 4.69) is 31.2 Å². The Morgan fingerprint density at radius 2 is 1.79 bits per heavy atom. The van der Waals surface area contributed by atoms with Gasteiger partial charge >= 0.3 is 0 Å². The van der Waals surface area contributed by atoms with Crippen LogP contribution in [0.4, 0.5) is 0 Å². The summed E-state index contributed by atoms with van der Waals surface area (Å²) in [5.74, 6) is 1.02. The van der Waals surface area contributed by atoms with Crippen LogP contribution >= 0.6 is 11.8 Å². The molecule has 1 aliphatic rings. The van der Waals surface area contributed by atoms with Gasteiger partial charge in [0.25, 0.3) is 0 Å². The third-order valence-electron chi connectivity index (χ3n) is 3.24. The van der Waals surface area contributed by atoms with Crippen molar-refractivity contribution in [3.05, 3.63) is 75.7 Å². The Hall–Kier alpha value is -1.80. The van der Waals surface area contributed by atoms with Gasteiger partial charge in [0.05, 0.1) is 4.91 Å². The van der Waals surface area contributed by atoms with Gasteiger partial charge in [-0.1, -0.05) is 54.1 Å².